The number of nitrogens with zero attached hydrogens (tertiary/aromatic N) is 1. The van der Waals surface area contributed by atoms with Gasteiger partial charge >= 0.3 is 0 Å². The summed E-state index contributed by atoms with van der Waals surface area (Å²) >= 11 is 0. The van der Waals surface area contributed by atoms with Crippen LogP contribution in [0.25, 0.3) is 0 Å². The lowest BCUT2D eigenvalue weighted by Crippen LogP contribution is -2.19. The van der Waals surface area contributed by atoms with Crippen LogP contribution >= 0.6 is 0 Å². The summed E-state index contributed by atoms with van der Waals surface area (Å²) in [5.41, 5.74) is 8.44. The predicted octanol–water partition coefficient (Wildman–Crippen LogP) is 4.36. The van der Waals surface area contributed by atoms with E-state index < -0.39 is 0 Å². The van der Waals surface area contributed by atoms with Crippen molar-refractivity contribution in [2.24, 2.45) is 11.7 Å². The monoisotopic (exact) mass is 262 g/mol. The first-order valence-corrected chi connectivity index (χ1v) is 7.81. The Morgan fingerprint density at radius 3 is 2.42 bits per heavy atom. The maximum absolute atomic E-state index is 5.87. The summed E-state index contributed by atoms with van der Waals surface area (Å²) in [5.74, 6) is 0.896. The van der Waals surface area contributed by atoms with Crippen LogP contribution in [0.15, 0.2) is 24.3 Å². The second-order valence-corrected chi connectivity index (χ2v) is 5.27. The van der Waals surface area contributed by atoms with E-state index in [9.17, 15) is 0 Å². The molecule has 0 radical (unpaired) electrons. The lowest BCUT2D eigenvalue weighted by molar-refractivity contribution is 0.530. The van der Waals surface area contributed by atoms with Gasteiger partial charge in [-0.15, -0.1) is 0 Å². The van der Waals surface area contributed by atoms with E-state index in [1.807, 2.05) is 20.8 Å². The lowest BCUT2D eigenvalue weighted by atomic mass is 10.0. The first kappa shape index (κ1) is 16.0. The number of hydrogen-bond acceptors (Lipinski definition) is 2. The molecule has 2 heteroatoms. The van der Waals surface area contributed by atoms with E-state index in [4.69, 9.17) is 5.73 Å². The molecule has 0 saturated carbocycles. The molecule has 1 heterocycles. The molecule has 2 atom stereocenters. The van der Waals surface area contributed by atoms with Crippen LogP contribution in [-0.4, -0.2) is 13.1 Å². The van der Waals surface area contributed by atoms with Crippen LogP contribution in [0.5, 0.6) is 0 Å². The number of benzene rings is 1. The fourth-order valence-corrected chi connectivity index (χ4v) is 2.70. The Labute approximate surface area is 119 Å². The van der Waals surface area contributed by atoms with E-state index in [1.54, 1.807) is 0 Å². The molecule has 1 aliphatic rings. The molecule has 0 amide bonds. The van der Waals surface area contributed by atoms with Gasteiger partial charge in [-0.3, -0.25) is 0 Å². The zero-order valence-corrected chi connectivity index (χ0v) is 13.0. The van der Waals surface area contributed by atoms with Crippen molar-refractivity contribution in [3.8, 4) is 0 Å². The van der Waals surface area contributed by atoms with E-state index >= 15 is 0 Å². The molecular formula is C17H30N2. The minimum atomic E-state index is 0.135. The zero-order valence-electron chi connectivity index (χ0n) is 13.0. The van der Waals surface area contributed by atoms with Gasteiger partial charge < -0.3 is 10.6 Å². The molecule has 108 valence electrons. The Hall–Kier alpha value is -1.02. The molecule has 1 aromatic carbocycles. The van der Waals surface area contributed by atoms with Crippen LogP contribution in [-0.2, 0) is 0 Å². The average molecular weight is 262 g/mol. The fourth-order valence-electron chi connectivity index (χ4n) is 2.70. The number of anilines is 1. The molecule has 2 N–H and O–H groups in total. The predicted molar refractivity (Wildman–Crippen MR) is 85.6 cm³/mol. The molecule has 2 unspecified atom stereocenters. The third-order valence-electron chi connectivity index (χ3n) is 3.77. The standard InChI is InChI=1S/C15H24N2.C2H6/c1-3-4-13-9-10-17(11-13)15-7-5-14(6-8-15)12(2)16;1-2/h5-8,12-13H,3-4,9-11,16H2,1-2H3;1-2H3. The van der Waals surface area contributed by atoms with Crippen molar-refractivity contribution in [3.05, 3.63) is 29.8 Å². The summed E-state index contributed by atoms with van der Waals surface area (Å²) in [7, 11) is 0. The second-order valence-electron chi connectivity index (χ2n) is 5.27. The molecule has 1 fully saturated rings. The quantitative estimate of drug-likeness (QED) is 0.873. The van der Waals surface area contributed by atoms with Crippen molar-refractivity contribution >= 4 is 5.69 Å². The third kappa shape index (κ3) is 4.54. The van der Waals surface area contributed by atoms with Crippen LogP contribution in [0, 0.1) is 5.92 Å². The van der Waals surface area contributed by atoms with E-state index in [0.29, 0.717) is 0 Å². The van der Waals surface area contributed by atoms with Crippen molar-refractivity contribution < 1.29 is 0 Å². The van der Waals surface area contributed by atoms with Gasteiger partial charge in [0.2, 0.25) is 0 Å². The van der Waals surface area contributed by atoms with Gasteiger partial charge in [0, 0.05) is 24.8 Å². The van der Waals surface area contributed by atoms with Gasteiger partial charge in [-0.25, -0.2) is 0 Å². The molecule has 0 aromatic heterocycles. The zero-order chi connectivity index (χ0) is 14.3. The SMILES string of the molecule is CC.CCCC1CCN(c2ccc(C(C)N)cc2)C1. The van der Waals surface area contributed by atoms with Crippen molar-refractivity contribution in [2.75, 3.05) is 18.0 Å². The Balaban J connectivity index is 0.000000861. The summed E-state index contributed by atoms with van der Waals surface area (Å²) in [6.07, 6.45) is 4.03. The molecule has 19 heavy (non-hydrogen) atoms. The van der Waals surface area contributed by atoms with Crippen LogP contribution in [0.2, 0.25) is 0 Å². The molecule has 0 aliphatic carbocycles. The summed E-state index contributed by atoms with van der Waals surface area (Å²) in [6, 6.07) is 8.89. The smallest absolute Gasteiger partial charge is 0.0366 e. The first-order valence-electron chi connectivity index (χ1n) is 7.81. The molecular weight excluding hydrogens is 232 g/mol. The average Bonchev–Trinajstić information content (AvgIpc) is 2.90. The summed E-state index contributed by atoms with van der Waals surface area (Å²) in [4.78, 5) is 2.51. The van der Waals surface area contributed by atoms with E-state index in [-0.39, 0.29) is 6.04 Å². The van der Waals surface area contributed by atoms with Crippen LogP contribution in [0.3, 0.4) is 0 Å². The Kier molecular flexibility index (Phi) is 6.93. The van der Waals surface area contributed by atoms with Crippen molar-refractivity contribution in [2.45, 2.75) is 53.0 Å². The summed E-state index contributed by atoms with van der Waals surface area (Å²) in [6.45, 7) is 10.7. The highest BCUT2D eigenvalue weighted by molar-refractivity contribution is 5.48. The van der Waals surface area contributed by atoms with Gasteiger partial charge in [-0.2, -0.15) is 0 Å². The summed E-state index contributed by atoms with van der Waals surface area (Å²) in [5, 5.41) is 0. The van der Waals surface area contributed by atoms with E-state index in [1.165, 1.54) is 43.6 Å². The van der Waals surface area contributed by atoms with Crippen LogP contribution in [0.1, 0.15) is 58.6 Å². The Morgan fingerprint density at radius 1 is 1.26 bits per heavy atom. The second kappa shape index (κ2) is 8.21. The number of nitrogens with two attached hydrogens (primary N) is 1. The van der Waals surface area contributed by atoms with Crippen molar-refractivity contribution in [1.29, 1.82) is 0 Å². The normalized spacial score (nSPS) is 19.8. The van der Waals surface area contributed by atoms with Crippen LogP contribution < -0.4 is 10.6 Å². The maximum atomic E-state index is 5.87. The molecule has 0 bridgehead atoms. The Bertz CT molecular complexity index is 343. The van der Waals surface area contributed by atoms with Crippen molar-refractivity contribution in [1.82, 2.24) is 0 Å². The molecule has 1 aromatic rings. The highest BCUT2D eigenvalue weighted by Crippen LogP contribution is 2.27. The van der Waals surface area contributed by atoms with E-state index in [0.717, 1.165) is 5.92 Å². The van der Waals surface area contributed by atoms with Gasteiger partial charge in [0.1, 0.15) is 0 Å². The lowest BCUT2D eigenvalue weighted by Gasteiger charge is -2.19. The highest BCUT2D eigenvalue weighted by Gasteiger charge is 2.21. The molecule has 0 spiro atoms. The molecule has 1 saturated heterocycles. The van der Waals surface area contributed by atoms with E-state index in [2.05, 4.69) is 36.1 Å². The third-order valence-corrected chi connectivity index (χ3v) is 3.77. The van der Waals surface area contributed by atoms with Gasteiger partial charge in [0.05, 0.1) is 0 Å². The van der Waals surface area contributed by atoms with Gasteiger partial charge in [-0.05, 0) is 43.4 Å². The maximum Gasteiger partial charge on any atom is 0.0366 e. The van der Waals surface area contributed by atoms with Gasteiger partial charge in [0.15, 0.2) is 0 Å². The van der Waals surface area contributed by atoms with Gasteiger partial charge in [0.25, 0.3) is 0 Å². The molecule has 2 rings (SSSR count). The Morgan fingerprint density at radius 2 is 1.89 bits per heavy atom. The van der Waals surface area contributed by atoms with Crippen LogP contribution in [0.4, 0.5) is 5.69 Å². The van der Waals surface area contributed by atoms with Crippen molar-refractivity contribution in [3.63, 3.8) is 0 Å². The highest BCUT2D eigenvalue weighted by atomic mass is 15.1. The van der Waals surface area contributed by atoms with Gasteiger partial charge in [-0.1, -0.05) is 39.3 Å². The number of hydrogen-bond donors (Lipinski definition) is 1. The minimum absolute atomic E-state index is 0.135. The molecule has 2 nitrogen and oxygen atoms in total. The minimum Gasteiger partial charge on any atom is -0.371 e. The number of rotatable bonds is 4. The topological polar surface area (TPSA) is 29.3 Å². The largest absolute Gasteiger partial charge is 0.371 e. The molecule has 1 aliphatic heterocycles. The summed E-state index contributed by atoms with van der Waals surface area (Å²) < 4.78 is 0. The fraction of sp³-hybridized carbons (Fsp3) is 0.647. The first-order chi connectivity index (χ1) is 9.20.